The van der Waals surface area contributed by atoms with Gasteiger partial charge in [-0.1, -0.05) is 0 Å². The molecule has 5 aliphatic rings. The molecule has 5 saturated carbocycles. The summed E-state index contributed by atoms with van der Waals surface area (Å²) in [6.07, 6.45) is 10.9. The quantitative estimate of drug-likeness (QED) is 0.815. The van der Waals surface area contributed by atoms with Crippen LogP contribution in [0.3, 0.4) is 0 Å². The van der Waals surface area contributed by atoms with Gasteiger partial charge in [0.15, 0.2) is 0 Å². The fourth-order valence-corrected chi connectivity index (χ4v) is 5.54. The predicted octanol–water partition coefficient (Wildman–Crippen LogP) is 3.12. The predicted molar refractivity (Wildman–Crippen MR) is 70.9 cm³/mol. The molecule has 18 heavy (non-hydrogen) atoms. The van der Waals surface area contributed by atoms with Crippen LogP contribution in [0.5, 0.6) is 0 Å². The smallest absolute Gasteiger partial charge is 0.223 e. The largest absolute Gasteiger partial charge is 0.353 e. The van der Waals surface area contributed by atoms with Gasteiger partial charge in [-0.25, -0.2) is 0 Å². The van der Waals surface area contributed by atoms with Gasteiger partial charge < -0.3 is 5.32 Å². The summed E-state index contributed by atoms with van der Waals surface area (Å²) in [5, 5.41) is 3.36. The van der Waals surface area contributed by atoms with Crippen LogP contribution >= 0.6 is 0 Å². The van der Waals surface area contributed by atoms with E-state index in [0.29, 0.717) is 23.3 Å². The van der Waals surface area contributed by atoms with Gasteiger partial charge in [0.05, 0.1) is 0 Å². The van der Waals surface area contributed by atoms with E-state index in [4.69, 9.17) is 0 Å². The number of rotatable bonds is 3. The van der Waals surface area contributed by atoms with Crippen molar-refractivity contribution >= 4 is 5.91 Å². The average molecular weight is 247 g/mol. The van der Waals surface area contributed by atoms with Crippen LogP contribution < -0.4 is 5.32 Å². The fraction of sp³-hybridized carbons (Fsp3) is 0.938. The Bertz CT molecular complexity index is 336. The van der Waals surface area contributed by atoms with Gasteiger partial charge in [0.2, 0.25) is 5.91 Å². The molecular weight excluding hydrogens is 222 g/mol. The molecule has 5 fully saturated rings. The summed E-state index contributed by atoms with van der Waals surface area (Å²) in [4.78, 5) is 12.0. The van der Waals surface area contributed by atoms with Crippen molar-refractivity contribution in [2.45, 2.75) is 64.3 Å². The Morgan fingerprint density at radius 2 is 1.56 bits per heavy atom. The van der Waals surface area contributed by atoms with Crippen molar-refractivity contribution in [3.8, 4) is 0 Å². The minimum atomic E-state index is 0.346. The number of amides is 1. The van der Waals surface area contributed by atoms with Crippen molar-refractivity contribution in [3.63, 3.8) is 0 Å². The van der Waals surface area contributed by atoms with Crippen molar-refractivity contribution in [3.05, 3.63) is 0 Å². The molecule has 4 bridgehead atoms. The van der Waals surface area contributed by atoms with E-state index in [0.717, 1.165) is 30.6 Å². The van der Waals surface area contributed by atoms with Crippen molar-refractivity contribution in [1.29, 1.82) is 0 Å². The molecule has 0 radical (unpaired) electrons. The van der Waals surface area contributed by atoms with Gasteiger partial charge in [0.1, 0.15) is 0 Å². The maximum absolute atomic E-state index is 12.0. The lowest BCUT2D eigenvalue weighted by Gasteiger charge is -2.59. The highest BCUT2D eigenvalue weighted by Gasteiger charge is 2.53. The van der Waals surface area contributed by atoms with Crippen LogP contribution in [-0.4, -0.2) is 11.9 Å². The molecule has 0 unspecified atom stereocenters. The number of carbonyl (C=O) groups excluding carboxylic acids is 1. The van der Waals surface area contributed by atoms with Gasteiger partial charge in [0.25, 0.3) is 0 Å². The molecule has 5 aliphatic carbocycles. The van der Waals surface area contributed by atoms with E-state index >= 15 is 0 Å². The molecular formula is C16H25NO. The lowest BCUT2D eigenvalue weighted by Crippen LogP contribution is -2.56. The Balaban J connectivity index is 1.50. The zero-order valence-corrected chi connectivity index (χ0v) is 11.5. The summed E-state index contributed by atoms with van der Waals surface area (Å²) >= 11 is 0. The lowest BCUT2D eigenvalue weighted by molar-refractivity contribution is -0.127. The van der Waals surface area contributed by atoms with Gasteiger partial charge in [-0.15, -0.1) is 0 Å². The van der Waals surface area contributed by atoms with Crippen LogP contribution in [0, 0.1) is 29.1 Å². The molecule has 2 nitrogen and oxygen atoms in total. The number of hydrogen-bond donors (Lipinski definition) is 1. The lowest BCUT2D eigenvalue weighted by atomic mass is 9.48. The van der Waals surface area contributed by atoms with Gasteiger partial charge >= 0.3 is 0 Å². The maximum Gasteiger partial charge on any atom is 0.223 e. The Kier molecular flexibility index (Phi) is 2.35. The molecule has 2 heteroatoms. The molecule has 0 heterocycles. The molecule has 100 valence electrons. The highest BCUT2D eigenvalue weighted by Crippen LogP contribution is 2.61. The summed E-state index contributed by atoms with van der Waals surface area (Å²) in [6.45, 7) is 2.29. The summed E-state index contributed by atoms with van der Waals surface area (Å²) in [7, 11) is 0. The summed E-state index contributed by atoms with van der Waals surface area (Å²) < 4.78 is 0. The zero-order valence-electron chi connectivity index (χ0n) is 11.5. The van der Waals surface area contributed by atoms with Crippen molar-refractivity contribution < 1.29 is 4.79 Å². The molecule has 1 N–H and O–H groups in total. The molecule has 0 spiro atoms. The monoisotopic (exact) mass is 247 g/mol. The summed E-state index contributed by atoms with van der Waals surface area (Å²) in [5.74, 6) is 3.66. The third-order valence-electron chi connectivity index (χ3n) is 6.31. The van der Waals surface area contributed by atoms with Crippen molar-refractivity contribution in [2.75, 3.05) is 0 Å². The molecule has 0 aliphatic heterocycles. The first kappa shape index (κ1) is 11.3. The van der Waals surface area contributed by atoms with E-state index in [-0.39, 0.29) is 0 Å². The highest BCUT2D eigenvalue weighted by molar-refractivity contribution is 5.81. The number of carbonyl (C=O) groups is 1. The van der Waals surface area contributed by atoms with Gasteiger partial charge in [-0.2, -0.15) is 0 Å². The first-order valence-corrected chi connectivity index (χ1v) is 7.95. The van der Waals surface area contributed by atoms with E-state index < -0.39 is 0 Å². The van der Waals surface area contributed by atoms with E-state index in [9.17, 15) is 4.79 Å². The molecule has 1 atom stereocenters. The Morgan fingerprint density at radius 1 is 1.06 bits per heavy atom. The van der Waals surface area contributed by atoms with Crippen LogP contribution in [-0.2, 0) is 4.79 Å². The molecule has 0 saturated heterocycles. The second-order valence-electron chi connectivity index (χ2n) is 7.78. The second kappa shape index (κ2) is 3.74. The fourth-order valence-electron chi connectivity index (χ4n) is 5.54. The first-order chi connectivity index (χ1) is 8.64. The molecule has 0 aromatic carbocycles. The van der Waals surface area contributed by atoms with Crippen LogP contribution in [0.25, 0.3) is 0 Å². The Labute approximate surface area is 110 Å². The topological polar surface area (TPSA) is 29.1 Å². The maximum atomic E-state index is 12.0. The van der Waals surface area contributed by atoms with E-state index in [1.54, 1.807) is 0 Å². The Hall–Kier alpha value is -0.530. The SMILES string of the molecule is C[C@H](NC(=O)C1CC1)C12CC3CC(CC(C3)C1)C2. The van der Waals surface area contributed by atoms with Crippen LogP contribution in [0.2, 0.25) is 0 Å². The van der Waals surface area contributed by atoms with Crippen LogP contribution in [0.1, 0.15) is 58.3 Å². The van der Waals surface area contributed by atoms with Gasteiger partial charge in [-0.05, 0) is 81.5 Å². The second-order valence-corrected chi connectivity index (χ2v) is 7.78. The minimum Gasteiger partial charge on any atom is -0.353 e. The number of nitrogens with one attached hydrogen (secondary N) is 1. The van der Waals surface area contributed by atoms with Crippen LogP contribution in [0.4, 0.5) is 0 Å². The van der Waals surface area contributed by atoms with Gasteiger partial charge in [-0.3, -0.25) is 4.79 Å². The Morgan fingerprint density at radius 3 is 2.00 bits per heavy atom. The molecule has 1 amide bonds. The normalized spacial score (nSPS) is 47.1. The third-order valence-corrected chi connectivity index (χ3v) is 6.31. The standard InChI is InChI=1S/C16H25NO/c1-10(17-15(18)14-2-3-14)16-7-11-4-12(8-16)6-13(5-11)9-16/h10-14H,2-9H2,1H3,(H,17,18)/t10-,11?,12?,13?,16?/m0/s1. The van der Waals surface area contributed by atoms with E-state index in [2.05, 4.69) is 12.2 Å². The molecule has 0 aromatic rings. The van der Waals surface area contributed by atoms with E-state index in [1.807, 2.05) is 0 Å². The molecule has 0 aromatic heterocycles. The highest BCUT2D eigenvalue weighted by atomic mass is 16.2. The number of hydrogen-bond acceptors (Lipinski definition) is 1. The zero-order chi connectivity index (χ0) is 12.3. The molecule has 5 rings (SSSR count). The van der Waals surface area contributed by atoms with E-state index in [1.165, 1.54) is 38.5 Å². The van der Waals surface area contributed by atoms with Gasteiger partial charge in [0, 0.05) is 12.0 Å². The first-order valence-electron chi connectivity index (χ1n) is 7.95. The summed E-state index contributed by atoms with van der Waals surface area (Å²) in [6, 6.07) is 0.416. The summed E-state index contributed by atoms with van der Waals surface area (Å²) in [5.41, 5.74) is 0.472. The van der Waals surface area contributed by atoms with Crippen LogP contribution in [0.15, 0.2) is 0 Å². The average Bonchev–Trinajstić information content (AvgIpc) is 3.10. The van der Waals surface area contributed by atoms with Crippen molar-refractivity contribution in [1.82, 2.24) is 5.32 Å². The van der Waals surface area contributed by atoms with Crippen molar-refractivity contribution in [2.24, 2.45) is 29.1 Å². The third kappa shape index (κ3) is 1.71. The minimum absolute atomic E-state index is 0.346.